The van der Waals surface area contributed by atoms with Gasteiger partial charge in [0.15, 0.2) is 17.4 Å². The van der Waals surface area contributed by atoms with Crippen LogP contribution in [0.15, 0.2) is 66.7 Å². The quantitative estimate of drug-likeness (QED) is 0.317. The van der Waals surface area contributed by atoms with Gasteiger partial charge in [0.05, 0.1) is 5.69 Å². The van der Waals surface area contributed by atoms with E-state index in [4.69, 9.17) is 20.9 Å². The van der Waals surface area contributed by atoms with E-state index in [1.165, 1.54) is 6.92 Å². The Bertz CT molecular complexity index is 1380. The third kappa shape index (κ3) is 5.17. The molecular formula is C27H26F2N4O2. The summed E-state index contributed by atoms with van der Waals surface area (Å²) in [5.41, 5.74) is 15.3. The summed E-state index contributed by atoms with van der Waals surface area (Å²) in [6.07, 6.45) is 0. The van der Waals surface area contributed by atoms with Crippen molar-refractivity contribution in [3.63, 3.8) is 0 Å². The van der Waals surface area contributed by atoms with Crippen molar-refractivity contribution in [2.24, 2.45) is 5.73 Å². The second kappa shape index (κ2) is 9.99. The van der Waals surface area contributed by atoms with E-state index < -0.39 is 23.4 Å². The van der Waals surface area contributed by atoms with Crippen LogP contribution in [0, 0.1) is 18.6 Å². The Morgan fingerprint density at radius 2 is 1.51 bits per heavy atom. The summed E-state index contributed by atoms with van der Waals surface area (Å²) in [5, 5.41) is 0. The molecular weight excluding hydrogens is 450 g/mol. The minimum atomic E-state index is -0.933. The topological polar surface area (TPSA) is 86.6 Å². The number of anilines is 2. The summed E-state index contributed by atoms with van der Waals surface area (Å²) >= 11 is 0. The van der Waals surface area contributed by atoms with E-state index >= 15 is 0 Å². The van der Waals surface area contributed by atoms with E-state index in [0.29, 0.717) is 12.3 Å². The van der Waals surface area contributed by atoms with Crippen molar-refractivity contribution in [3.8, 4) is 34.4 Å². The Labute approximate surface area is 202 Å². The van der Waals surface area contributed by atoms with Crippen LogP contribution in [0.25, 0.3) is 11.1 Å². The molecule has 0 unspecified atom stereocenters. The van der Waals surface area contributed by atoms with Gasteiger partial charge in [-0.2, -0.15) is 4.98 Å². The average Bonchev–Trinajstić information content (AvgIpc) is 2.86. The van der Waals surface area contributed by atoms with Crippen LogP contribution in [0.5, 0.6) is 23.3 Å². The molecule has 6 nitrogen and oxygen atoms in total. The van der Waals surface area contributed by atoms with Gasteiger partial charge in [0.25, 0.3) is 11.8 Å². The molecule has 180 valence electrons. The lowest BCUT2D eigenvalue weighted by Gasteiger charge is -2.16. The van der Waals surface area contributed by atoms with Gasteiger partial charge in [0.1, 0.15) is 5.75 Å². The number of aromatic nitrogens is 1. The van der Waals surface area contributed by atoms with Gasteiger partial charge in [-0.05, 0) is 53.9 Å². The Balaban J connectivity index is 1.67. The monoisotopic (exact) mass is 476 g/mol. The summed E-state index contributed by atoms with van der Waals surface area (Å²) < 4.78 is 41.2. The molecule has 0 aliphatic rings. The average molecular weight is 477 g/mol. The second-order valence-electron chi connectivity index (χ2n) is 8.23. The van der Waals surface area contributed by atoms with Crippen LogP contribution in [-0.2, 0) is 6.54 Å². The van der Waals surface area contributed by atoms with Crippen LogP contribution in [0.1, 0.15) is 11.1 Å². The zero-order chi connectivity index (χ0) is 25.1. The summed E-state index contributed by atoms with van der Waals surface area (Å²) in [6.45, 7) is 1.71. The highest BCUT2D eigenvalue weighted by Gasteiger charge is 2.21. The lowest BCUT2D eigenvalue weighted by atomic mass is 10.0. The number of nitrogens with zero attached hydrogens (tertiary/aromatic N) is 2. The molecule has 35 heavy (non-hydrogen) atoms. The lowest BCUT2D eigenvalue weighted by Crippen LogP contribution is -2.09. The molecule has 1 heterocycles. The molecule has 0 bridgehead atoms. The minimum absolute atomic E-state index is 0.196. The number of halogens is 2. The van der Waals surface area contributed by atoms with Crippen molar-refractivity contribution in [1.29, 1.82) is 0 Å². The summed E-state index contributed by atoms with van der Waals surface area (Å²) in [5.74, 6) is -2.17. The van der Waals surface area contributed by atoms with Gasteiger partial charge in [0, 0.05) is 38.0 Å². The van der Waals surface area contributed by atoms with Gasteiger partial charge in [0.2, 0.25) is 0 Å². The van der Waals surface area contributed by atoms with Gasteiger partial charge < -0.3 is 25.8 Å². The summed E-state index contributed by atoms with van der Waals surface area (Å²) in [7, 11) is 3.70. The third-order valence-electron chi connectivity index (χ3n) is 5.50. The number of pyridine rings is 1. The smallest absolute Gasteiger partial charge is 0.259 e. The number of ether oxygens (including phenoxy) is 2. The molecule has 4 rings (SSSR count). The first-order valence-corrected chi connectivity index (χ1v) is 10.9. The molecule has 0 spiro atoms. The highest BCUT2D eigenvalue weighted by molar-refractivity contribution is 5.66. The summed E-state index contributed by atoms with van der Waals surface area (Å²) in [4.78, 5) is 5.83. The standard InChI is InChI=1S/C27H26F2N4O2/c1-16-24(28)26(32-27(25(16)29)35-23-14-20(33(2)3)10-11-22(23)31)34-21-9-5-8-19(13-21)18-7-4-6-17(12-18)15-30/h4-14H,15,30-31H2,1-3H3. The Kier molecular flexibility index (Phi) is 6.84. The highest BCUT2D eigenvalue weighted by atomic mass is 19.1. The molecule has 0 aliphatic heterocycles. The van der Waals surface area contributed by atoms with Crippen LogP contribution in [-0.4, -0.2) is 19.1 Å². The maximum atomic E-state index is 14.9. The fourth-order valence-electron chi connectivity index (χ4n) is 3.47. The van der Waals surface area contributed by atoms with Crippen molar-refractivity contribution >= 4 is 11.4 Å². The first kappa shape index (κ1) is 24.0. The zero-order valence-corrected chi connectivity index (χ0v) is 19.7. The normalized spacial score (nSPS) is 10.8. The van der Waals surface area contributed by atoms with Gasteiger partial charge in [-0.3, -0.25) is 0 Å². The van der Waals surface area contributed by atoms with E-state index in [1.807, 2.05) is 49.3 Å². The predicted molar refractivity (Wildman–Crippen MR) is 134 cm³/mol. The molecule has 0 radical (unpaired) electrons. The fraction of sp³-hybridized carbons (Fsp3) is 0.148. The van der Waals surface area contributed by atoms with Gasteiger partial charge in [-0.25, -0.2) is 8.78 Å². The van der Waals surface area contributed by atoms with Crippen molar-refractivity contribution in [1.82, 2.24) is 4.98 Å². The molecule has 3 aromatic carbocycles. The molecule has 4 aromatic rings. The number of hydrogen-bond donors (Lipinski definition) is 2. The van der Waals surface area contributed by atoms with E-state index in [-0.39, 0.29) is 17.0 Å². The van der Waals surface area contributed by atoms with Gasteiger partial charge in [-0.15, -0.1) is 0 Å². The van der Waals surface area contributed by atoms with Crippen LogP contribution < -0.4 is 25.8 Å². The van der Waals surface area contributed by atoms with Gasteiger partial charge in [-0.1, -0.05) is 30.3 Å². The maximum Gasteiger partial charge on any atom is 0.259 e. The maximum absolute atomic E-state index is 14.9. The highest BCUT2D eigenvalue weighted by Crippen LogP contribution is 2.36. The molecule has 0 saturated heterocycles. The number of hydrogen-bond acceptors (Lipinski definition) is 6. The Morgan fingerprint density at radius 3 is 2.20 bits per heavy atom. The van der Waals surface area contributed by atoms with Crippen molar-refractivity contribution in [2.45, 2.75) is 13.5 Å². The Hall–Kier alpha value is -4.17. The summed E-state index contributed by atoms with van der Waals surface area (Å²) in [6, 6.07) is 19.9. The van der Waals surface area contributed by atoms with E-state index in [9.17, 15) is 8.78 Å². The van der Waals surface area contributed by atoms with Crippen LogP contribution in [0.2, 0.25) is 0 Å². The number of benzene rings is 3. The van der Waals surface area contributed by atoms with Crippen LogP contribution in [0.3, 0.4) is 0 Å². The number of nitrogens with two attached hydrogens (primary N) is 2. The number of rotatable bonds is 7. The molecule has 4 N–H and O–H groups in total. The molecule has 0 amide bonds. The molecule has 0 saturated carbocycles. The van der Waals surface area contributed by atoms with E-state index in [0.717, 1.165) is 22.4 Å². The molecule has 0 fully saturated rings. The predicted octanol–water partition coefficient (Wildman–Crippen LogP) is 6.03. The minimum Gasteiger partial charge on any atom is -0.436 e. The van der Waals surface area contributed by atoms with Crippen LogP contribution >= 0.6 is 0 Å². The lowest BCUT2D eigenvalue weighted by molar-refractivity contribution is 0.373. The zero-order valence-electron chi connectivity index (χ0n) is 19.7. The first-order chi connectivity index (χ1) is 16.8. The SMILES string of the molecule is Cc1c(F)c(Oc2cccc(-c3cccc(CN)c3)c2)nc(Oc2cc(N(C)C)ccc2N)c1F. The molecule has 0 atom stereocenters. The van der Waals surface area contributed by atoms with Crippen LogP contribution in [0.4, 0.5) is 20.2 Å². The van der Waals surface area contributed by atoms with Crippen molar-refractivity contribution < 1.29 is 18.3 Å². The second-order valence-corrected chi connectivity index (χ2v) is 8.23. The Morgan fingerprint density at radius 1 is 0.857 bits per heavy atom. The van der Waals surface area contributed by atoms with Crippen molar-refractivity contribution in [3.05, 3.63) is 89.5 Å². The van der Waals surface area contributed by atoms with E-state index in [1.54, 1.807) is 36.4 Å². The molecule has 0 aliphatic carbocycles. The molecule has 8 heteroatoms. The first-order valence-electron chi connectivity index (χ1n) is 10.9. The number of nitrogen functional groups attached to an aromatic ring is 1. The largest absolute Gasteiger partial charge is 0.436 e. The molecule has 1 aromatic heterocycles. The van der Waals surface area contributed by atoms with E-state index in [2.05, 4.69) is 4.98 Å². The van der Waals surface area contributed by atoms with Crippen molar-refractivity contribution in [2.75, 3.05) is 24.7 Å². The fourth-order valence-corrected chi connectivity index (χ4v) is 3.47. The van der Waals surface area contributed by atoms with Gasteiger partial charge >= 0.3 is 0 Å². The third-order valence-corrected chi connectivity index (χ3v) is 5.50.